The molecule has 0 atom stereocenters. The predicted octanol–water partition coefficient (Wildman–Crippen LogP) is 5.96. The van der Waals surface area contributed by atoms with E-state index in [1.807, 2.05) is 24.3 Å². The number of hydrogen-bond donors (Lipinski definition) is 1. The van der Waals surface area contributed by atoms with Crippen molar-refractivity contribution >= 4 is 62.7 Å². The van der Waals surface area contributed by atoms with E-state index in [9.17, 15) is 9.59 Å². The number of hydrogen-bond acceptors (Lipinski definition) is 6. The SMILES string of the molecule is O=C(COc1ccccc1Cl)N/N=C\c1ccccc1OC(=O)c1sc2ccccc2c1Cl. The van der Waals surface area contributed by atoms with Gasteiger partial charge in [0.05, 0.1) is 16.3 Å². The number of para-hydroxylation sites is 2. The van der Waals surface area contributed by atoms with Crippen molar-refractivity contribution in [3.8, 4) is 11.5 Å². The average Bonchev–Trinajstić information content (AvgIpc) is 3.16. The number of nitrogens with zero attached hydrogens (tertiary/aromatic N) is 1. The fourth-order valence-electron chi connectivity index (χ4n) is 2.88. The molecule has 166 valence electrons. The second-order valence-corrected chi connectivity index (χ2v) is 8.52. The van der Waals surface area contributed by atoms with Gasteiger partial charge in [0.2, 0.25) is 0 Å². The quantitative estimate of drug-likeness (QED) is 0.147. The maximum atomic E-state index is 12.7. The topological polar surface area (TPSA) is 77.0 Å². The number of hydrazone groups is 1. The van der Waals surface area contributed by atoms with Crippen molar-refractivity contribution in [3.05, 3.63) is 93.3 Å². The Hall–Kier alpha value is -3.39. The normalized spacial score (nSPS) is 11.0. The lowest BCUT2D eigenvalue weighted by atomic mass is 10.2. The van der Waals surface area contributed by atoms with Gasteiger partial charge in [0.1, 0.15) is 16.4 Å². The minimum absolute atomic E-state index is 0.262. The van der Waals surface area contributed by atoms with Gasteiger partial charge in [-0.25, -0.2) is 10.2 Å². The van der Waals surface area contributed by atoms with Crippen LogP contribution in [0, 0.1) is 0 Å². The third kappa shape index (κ3) is 5.51. The number of rotatable bonds is 7. The Morgan fingerprint density at radius 2 is 1.64 bits per heavy atom. The van der Waals surface area contributed by atoms with Crippen LogP contribution < -0.4 is 14.9 Å². The van der Waals surface area contributed by atoms with Crippen LogP contribution in [0.2, 0.25) is 10.0 Å². The van der Waals surface area contributed by atoms with Gasteiger partial charge >= 0.3 is 5.97 Å². The van der Waals surface area contributed by atoms with E-state index in [2.05, 4.69) is 10.5 Å². The zero-order chi connectivity index (χ0) is 23.2. The Morgan fingerprint density at radius 3 is 2.42 bits per heavy atom. The van der Waals surface area contributed by atoms with E-state index in [0.717, 1.165) is 10.1 Å². The van der Waals surface area contributed by atoms with E-state index < -0.39 is 11.9 Å². The van der Waals surface area contributed by atoms with Crippen LogP contribution in [0.25, 0.3) is 10.1 Å². The molecule has 1 amide bonds. The van der Waals surface area contributed by atoms with Gasteiger partial charge in [0.15, 0.2) is 6.61 Å². The van der Waals surface area contributed by atoms with Gasteiger partial charge < -0.3 is 9.47 Å². The van der Waals surface area contributed by atoms with Crippen molar-refractivity contribution in [1.82, 2.24) is 5.43 Å². The van der Waals surface area contributed by atoms with Crippen molar-refractivity contribution in [2.75, 3.05) is 6.61 Å². The molecule has 4 rings (SSSR count). The van der Waals surface area contributed by atoms with Crippen LogP contribution in [-0.2, 0) is 4.79 Å². The summed E-state index contributed by atoms with van der Waals surface area (Å²) in [6.07, 6.45) is 1.38. The monoisotopic (exact) mass is 498 g/mol. The number of benzene rings is 3. The summed E-state index contributed by atoms with van der Waals surface area (Å²) in [5, 5.41) is 5.48. The molecule has 0 spiro atoms. The number of carbonyl (C=O) groups is 2. The number of nitrogens with one attached hydrogen (secondary N) is 1. The molecule has 0 bridgehead atoms. The van der Waals surface area contributed by atoms with Crippen molar-refractivity contribution < 1.29 is 19.1 Å². The van der Waals surface area contributed by atoms with E-state index in [1.165, 1.54) is 17.6 Å². The van der Waals surface area contributed by atoms with Gasteiger partial charge in [-0.2, -0.15) is 5.10 Å². The molecule has 1 N–H and O–H groups in total. The first-order chi connectivity index (χ1) is 16.0. The Kier molecular flexibility index (Phi) is 7.24. The standard InChI is InChI=1S/C24H16Cl2N2O4S/c25-17-9-3-5-11-19(17)31-14-21(29)28-27-13-15-7-1-4-10-18(15)32-24(30)23-22(26)16-8-2-6-12-20(16)33-23/h1-13H,14H2,(H,28,29)/b27-13-. The summed E-state index contributed by atoms with van der Waals surface area (Å²) >= 11 is 13.6. The molecular weight excluding hydrogens is 483 g/mol. The van der Waals surface area contributed by atoms with E-state index in [4.69, 9.17) is 32.7 Å². The summed E-state index contributed by atoms with van der Waals surface area (Å²) in [5.74, 6) is -0.367. The molecule has 0 aliphatic heterocycles. The molecule has 0 aliphatic carbocycles. The molecule has 0 fully saturated rings. The third-order valence-corrected chi connectivity index (χ3v) is 6.40. The zero-order valence-corrected chi connectivity index (χ0v) is 19.3. The Balaban J connectivity index is 1.40. The molecule has 9 heteroatoms. The van der Waals surface area contributed by atoms with Crippen LogP contribution in [0.4, 0.5) is 0 Å². The summed E-state index contributed by atoms with van der Waals surface area (Å²) in [4.78, 5) is 25.1. The molecule has 0 aliphatic rings. The second-order valence-electron chi connectivity index (χ2n) is 6.68. The fraction of sp³-hybridized carbons (Fsp3) is 0.0417. The number of halogens is 2. The molecule has 0 unspecified atom stereocenters. The summed E-state index contributed by atoms with van der Waals surface area (Å²) in [6, 6.07) is 21.1. The van der Waals surface area contributed by atoms with Gasteiger partial charge in [0.25, 0.3) is 5.91 Å². The molecule has 0 saturated heterocycles. The van der Waals surface area contributed by atoms with Crippen molar-refractivity contribution in [1.29, 1.82) is 0 Å². The van der Waals surface area contributed by atoms with E-state index >= 15 is 0 Å². The molecule has 0 saturated carbocycles. The molecule has 3 aromatic carbocycles. The van der Waals surface area contributed by atoms with Gasteiger partial charge in [-0.05, 0) is 30.3 Å². The molecular formula is C24H16Cl2N2O4S. The highest BCUT2D eigenvalue weighted by Gasteiger charge is 2.19. The number of fused-ring (bicyclic) bond motifs is 1. The molecule has 4 aromatic rings. The number of carbonyl (C=O) groups excluding carboxylic acids is 2. The van der Waals surface area contributed by atoms with Crippen molar-refractivity contribution in [3.63, 3.8) is 0 Å². The van der Waals surface area contributed by atoms with Crippen LogP contribution in [0.5, 0.6) is 11.5 Å². The average molecular weight is 499 g/mol. The summed E-state index contributed by atoms with van der Waals surface area (Å²) in [7, 11) is 0. The third-order valence-electron chi connectivity index (χ3n) is 4.43. The summed E-state index contributed by atoms with van der Waals surface area (Å²) in [6.45, 7) is -0.262. The first-order valence-corrected chi connectivity index (χ1v) is 11.3. The molecule has 1 heterocycles. The smallest absolute Gasteiger partial charge is 0.355 e. The van der Waals surface area contributed by atoms with Gasteiger partial charge in [-0.15, -0.1) is 11.3 Å². The fourth-order valence-corrected chi connectivity index (χ4v) is 4.46. The maximum absolute atomic E-state index is 12.7. The minimum Gasteiger partial charge on any atom is -0.482 e. The Morgan fingerprint density at radius 1 is 0.939 bits per heavy atom. The summed E-state index contributed by atoms with van der Waals surface area (Å²) in [5.41, 5.74) is 2.86. The molecule has 33 heavy (non-hydrogen) atoms. The number of esters is 1. The Labute approximate surface area is 203 Å². The molecule has 1 aromatic heterocycles. The highest BCUT2D eigenvalue weighted by molar-refractivity contribution is 7.21. The predicted molar refractivity (Wildman–Crippen MR) is 131 cm³/mol. The Bertz CT molecular complexity index is 1350. The van der Waals surface area contributed by atoms with Crippen molar-refractivity contribution in [2.45, 2.75) is 0 Å². The van der Waals surface area contributed by atoms with Crippen LogP contribution >= 0.6 is 34.5 Å². The molecule has 6 nitrogen and oxygen atoms in total. The molecule has 0 radical (unpaired) electrons. The first kappa shape index (κ1) is 22.8. The van der Waals surface area contributed by atoms with Gasteiger partial charge in [-0.1, -0.05) is 65.7 Å². The first-order valence-electron chi connectivity index (χ1n) is 9.70. The summed E-state index contributed by atoms with van der Waals surface area (Å²) < 4.78 is 11.8. The van der Waals surface area contributed by atoms with E-state index in [0.29, 0.717) is 26.2 Å². The lowest BCUT2D eigenvalue weighted by Gasteiger charge is -2.07. The number of ether oxygens (including phenoxy) is 2. The minimum atomic E-state index is -0.570. The number of thiophene rings is 1. The lowest BCUT2D eigenvalue weighted by Crippen LogP contribution is -2.24. The van der Waals surface area contributed by atoms with E-state index in [1.54, 1.807) is 48.5 Å². The van der Waals surface area contributed by atoms with Crippen LogP contribution in [-0.4, -0.2) is 24.7 Å². The van der Waals surface area contributed by atoms with Gasteiger partial charge in [0, 0.05) is 15.6 Å². The highest BCUT2D eigenvalue weighted by Crippen LogP contribution is 2.36. The highest BCUT2D eigenvalue weighted by atomic mass is 35.5. The largest absolute Gasteiger partial charge is 0.482 e. The maximum Gasteiger partial charge on any atom is 0.355 e. The number of amides is 1. The lowest BCUT2D eigenvalue weighted by molar-refractivity contribution is -0.123. The van der Waals surface area contributed by atoms with Crippen LogP contribution in [0.1, 0.15) is 15.2 Å². The van der Waals surface area contributed by atoms with Crippen molar-refractivity contribution in [2.24, 2.45) is 5.10 Å². The zero-order valence-electron chi connectivity index (χ0n) is 17.0. The van der Waals surface area contributed by atoms with Crippen LogP contribution in [0.15, 0.2) is 77.9 Å². The van der Waals surface area contributed by atoms with Gasteiger partial charge in [-0.3, -0.25) is 4.79 Å². The second kappa shape index (κ2) is 10.5. The van der Waals surface area contributed by atoms with Crippen LogP contribution in [0.3, 0.4) is 0 Å². The van der Waals surface area contributed by atoms with E-state index in [-0.39, 0.29) is 12.4 Å².